The molecule has 0 bridgehead atoms. The summed E-state index contributed by atoms with van der Waals surface area (Å²) in [5, 5.41) is 0. The standard InChI is InChI=1S/C23H31NO2/c1-3-25-22-14-11-19(12-15-22)10-13-20-7-4-5-9-23(20)26-18-16-21-8-6-17-24(21)2/h4-5,7,9,11-12,14-15,21H,3,6,8,10,13,16-18H2,1-2H3. The van der Waals surface area contributed by atoms with Gasteiger partial charge in [0, 0.05) is 6.04 Å². The van der Waals surface area contributed by atoms with Crippen LogP contribution in [-0.4, -0.2) is 37.7 Å². The van der Waals surface area contributed by atoms with E-state index < -0.39 is 0 Å². The van der Waals surface area contributed by atoms with Crippen molar-refractivity contribution in [3.8, 4) is 11.5 Å². The van der Waals surface area contributed by atoms with Crippen molar-refractivity contribution in [2.45, 2.75) is 45.1 Å². The number of rotatable bonds is 9. The van der Waals surface area contributed by atoms with Gasteiger partial charge in [0.1, 0.15) is 11.5 Å². The molecule has 1 heterocycles. The summed E-state index contributed by atoms with van der Waals surface area (Å²) in [6, 6.07) is 17.6. The smallest absolute Gasteiger partial charge is 0.122 e. The van der Waals surface area contributed by atoms with Gasteiger partial charge < -0.3 is 14.4 Å². The third-order valence-corrected chi connectivity index (χ3v) is 5.27. The molecule has 3 nitrogen and oxygen atoms in total. The predicted molar refractivity (Wildman–Crippen MR) is 107 cm³/mol. The molecular formula is C23H31NO2. The largest absolute Gasteiger partial charge is 0.494 e. The molecule has 3 heteroatoms. The van der Waals surface area contributed by atoms with E-state index in [9.17, 15) is 0 Å². The number of ether oxygens (including phenoxy) is 2. The quantitative estimate of drug-likeness (QED) is 0.650. The van der Waals surface area contributed by atoms with E-state index in [-0.39, 0.29) is 0 Å². The van der Waals surface area contributed by atoms with Crippen molar-refractivity contribution in [1.29, 1.82) is 0 Å². The summed E-state index contributed by atoms with van der Waals surface area (Å²) >= 11 is 0. The van der Waals surface area contributed by atoms with Crippen LogP contribution in [0.3, 0.4) is 0 Å². The van der Waals surface area contributed by atoms with Gasteiger partial charge in [0.05, 0.1) is 13.2 Å². The number of hydrogen-bond acceptors (Lipinski definition) is 3. The minimum Gasteiger partial charge on any atom is -0.494 e. The number of hydrogen-bond donors (Lipinski definition) is 0. The minimum absolute atomic E-state index is 0.686. The van der Waals surface area contributed by atoms with E-state index in [4.69, 9.17) is 9.47 Å². The molecule has 1 fully saturated rings. The first kappa shape index (κ1) is 18.8. The zero-order chi connectivity index (χ0) is 18.2. The molecule has 1 aliphatic rings. The molecule has 0 N–H and O–H groups in total. The molecule has 0 aromatic heterocycles. The lowest BCUT2D eigenvalue weighted by Gasteiger charge is -2.20. The summed E-state index contributed by atoms with van der Waals surface area (Å²) < 4.78 is 11.7. The average Bonchev–Trinajstić information content (AvgIpc) is 3.07. The maximum Gasteiger partial charge on any atom is 0.122 e. The van der Waals surface area contributed by atoms with Crippen LogP contribution in [0.1, 0.15) is 37.3 Å². The highest BCUT2D eigenvalue weighted by Gasteiger charge is 2.20. The van der Waals surface area contributed by atoms with Gasteiger partial charge in [0.15, 0.2) is 0 Å². The highest BCUT2D eigenvalue weighted by Crippen LogP contribution is 2.23. The fourth-order valence-corrected chi connectivity index (χ4v) is 3.70. The lowest BCUT2D eigenvalue weighted by molar-refractivity contribution is 0.232. The number of nitrogens with zero attached hydrogens (tertiary/aromatic N) is 1. The first-order chi connectivity index (χ1) is 12.8. The second-order valence-electron chi connectivity index (χ2n) is 7.10. The van der Waals surface area contributed by atoms with Gasteiger partial charge in [-0.3, -0.25) is 0 Å². The number of benzene rings is 2. The van der Waals surface area contributed by atoms with Crippen LogP contribution in [0.15, 0.2) is 48.5 Å². The van der Waals surface area contributed by atoms with Crippen molar-refractivity contribution in [2.24, 2.45) is 0 Å². The molecule has 0 radical (unpaired) electrons. The van der Waals surface area contributed by atoms with Gasteiger partial charge in [-0.15, -0.1) is 0 Å². The highest BCUT2D eigenvalue weighted by atomic mass is 16.5. The summed E-state index contributed by atoms with van der Waals surface area (Å²) in [6.07, 6.45) is 5.74. The van der Waals surface area contributed by atoms with Gasteiger partial charge in [0.2, 0.25) is 0 Å². The monoisotopic (exact) mass is 353 g/mol. The Labute approximate surface area is 157 Å². The molecular weight excluding hydrogens is 322 g/mol. The lowest BCUT2D eigenvalue weighted by Crippen LogP contribution is -2.26. The van der Waals surface area contributed by atoms with Gasteiger partial charge in [0.25, 0.3) is 0 Å². The molecule has 140 valence electrons. The van der Waals surface area contributed by atoms with Crippen LogP contribution in [0.4, 0.5) is 0 Å². The molecule has 26 heavy (non-hydrogen) atoms. The topological polar surface area (TPSA) is 21.7 Å². The third-order valence-electron chi connectivity index (χ3n) is 5.27. The fourth-order valence-electron chi connectivity index (χ4n) is 3.70. The minimum atomic E-state index is 0.686. The van der Waals surface area contributed by atoms with Crippen LogP contribution in [0.25, 0.3) is 0 Å². The zero-order valence-electron chi connectivity index (χ0n) is 16.1. The Hall–Kier alpha value is -2.00. The van der Waals surface area contributed by atoms with E-state index in [2.05, 4.69) is 60.5 Å². The molecule has 2 aromatic rings. The summed E-state index contributed by atoms with van der Waals surface area (Å²) in [4.78, 5) is 2.46. The van der Waals surface area contributed by atoms with Crippen LogP contribution >= 0.6 is 0 Å². The van der Waals surface area contributed by atoms with Gasteiger partial charge in [-0.1, -0.05) is 30.3 Å². The van der Waals surface area contributed by atoms with Crippen LogP contribution in [0, 0.1) is 0 Å². The zero-order valence-corrected chi connectivity index (χ0v) is 16.1. The maximum absolute atomic E-state index is 6.14. The Balaban J connectivity index is 1.51. The molecule has 2 aromatic carbocycles. The Bertz CT molecular complexity index is 668. The predicted octanol–water partition coefficient (Wildman–Crippen LogP) is 4.73. The van der Waals surface area contributed by atoms with Crippen LogP contribution < -0.4 is 9.47 Å². The Morgan fingerprint density at radius 3 is 2.54 bits per heavy atom. The SMILES string of the molecule is CCOc1ccc(CCc2ccccc2OCCC2CCCN2C)cc1. The molecule has 1 saturated heterocycles. The van der Waals surface area contributed by atoms with Gasteiger partial charge in [-0.2, -0.15) is 0 Å². The molecule has 1 atom stereocenters. The second-order valence-corrected chi connectivity index (χ2v) is 7.10. The molecule has 3 rings (SSSR count). The Kier molecular flexibility index (Phi) is 6.96. The summed E-state index contributed by atoms with van der Waals surface area (Å²) in [7, 11) is 2.22. The van der Waals surface area contributed by atoms with Crippen molar-refractivity contribution < 1.29 is 9.47 Å². The van der Waals surface area contributed by atoms with E-state index in [1.807, 2.05) is 6.92 Å². The van der Waals surface area contributed by atoms with Crippen molar-refractivity contribution in [1.82, 2.24) is 4.90 Å². The van der Waals surface area contributed by atoms with Crippen molar-refractivity contribution >= 4 is 0 Å². The van der Waals surface area contributed by atoms with Crippen LogP contribution in [0.2, 0.25) is 0 Å². The fraction of sp³-hybridized carbons (Fsp3) is 0.478. The molecule has 0 saturated carbocycles. The second kappa shape index (κ2) is 9.63. The lowest BCUT2D eigenvalue weighted by atomic mass is 10.0. The van der Waals surface area contributed by atoms with Gasteiger partial charge in [-0.05, 0) is 81.9 Å². The molecule has 0 spiro atoms. The van der Waals surface area contributed by atoms with E-state index in [1.165, 1.54) is 30.5 Å². The van der Waals surface area contributed by atoms with E-state index in [0.717, 1.165) is 37.4 Å². The summed E-state index contributed by atoms with van der Waals surface area (Å²) in [5.41, 5.74) is 2.62. The summed E-state index contributed by atoms with van der Waals surface area (Å²) in [6.45, 7) is 4.74. The summed E-state index contributed by atoms with van der Waals surface area (Å²) in [5.74, 6) is 1.98. The maximum atomic E-state index is 6.14. The van der Waals surface area contributed by atoms with E-state index in [0.29, 0.717) is 12.6 Å². The van der Waals surface area contributed by atoms with Crippen molar-refractivity contribution in [3.05, 3.63) is 59.7 Å². The Morgan fingerprint density at radius 1 is 1.00 bits per heavy atom. The normalized spacial score (nSPS) is 17.4. The van der Waals surface area contributed by atoms with Crippen molar-refractivity contribution in [3.63, 3.8) is 0 Å². The number of aryl methyl sites for hydroxylation is 2. The van der Waals surface area contributed by atoms with E-state index >= 15 is 0 Å². The number of para-hydroxylation sites is 1. The Morgan fingerprint density at radius 2 is 1.81 bits per heavy atom. The van der Waals surface area contributed by atoms with Gasteiger partial charge >= 0.3 is 0 Å². The molecule has 0 aliphatic carbocycles. The third kappa shape index (κ3) is 5.25. The number of likely N-dealkylation sites (tertiary alicyclic amines) is 1. The first-order valence-corrected chi connectivity index (χ1v) is 9.89. The molecule has 1 unspecified atom stereocenters. The van der Waals surface area contributed by atoms with Crippen LogP contribution in [0.5, 0.6) is 11.5 Å². The molecule has 1 aliphatic heterocycles. The van der Waals surface area contributed by atoms with Crippen LogP contribution in [-0.2, 0) is 12.8 Å². The first-order valence-electron chi connectivity index (χ1n) is 9.89. The average molecular weight is 354 g/mol. The van der Waals surface area contributed by atoms with E-state index in [1.54, 1.807) is 0 Å². The molecule has 0 amide bonds. The van der Waals surface area contributed by atoms with Gasteiger partial charge in [-0.25, -0.2) is 0 Å². The van der Waals surface area contributed by atoms with Crippen molar-refractivity contribution in [2.75, 3.05) is 26.8 Å². The highest BCUT2D eigenvalue weighted by molar-refractivity contribution is 5.35.